The molecular formula is C27H44O2P+. The minimum absolute atomic E-state index is 0.170. The van der Waals surface area contributed by atoms with Crippen molar-refractivity contribution in [3.63, 3.8) is 0 Å². The van der Waals surface area contributed by atoms with Crippen LogP contribution >= 0.6 is 7.80 Å². The molecule has 168 valence electrons. The predicted octanol–water partition coefficient (Wildman–Crippen LogP) is 8.86. The van der Waals surface area contributed by atoms with E-state index in [1.807, 2.05) is 13.8 Å². The number of rotatable bonds is 14. The summed E-state index contributed by atoms with van der Waals surface area (Å²) in [5.41, 5.74) is 4.13. The van der Waals surface area contributed by atoms with Crippen LogP contribution in [0.15, 0.2) is 12.1 Å². The molecule has 30 heavy (non-hydrogen) atoms. The highest BCUT2D eigenvalue weighted by Crippen LogP contribution is 2.53. The van der Waals surface area contributed by atoms with Crippen molar-refractivity contribution >= 4 is 13.6 Å². The Hall–Kier alpha value is -1.01. The number of benzene rings is 1. The molecule has 1 fully saturated rings. The van der Waals surface area contributed by atoms with Crippen LogP contribution in [0.1, 0.15) is 124 Å². The third-order valence-electron chi connectivity index (χ3n) is 6.95. The molecule has 0 spiro atoms. The standard InChI is InChI=1S/C27H44O2P/c1-5-6-7-8-9-10-11-12-13-16-19-30(29)27(17-14-15-18-27)26(28)25-23(3)20-22(2)21-24(25)4/h20-21H,5-19H2,1-4H3/q+1. The summed E-state index contributed by atoms with van der Waals surface area (Å²) in [5, 5.41) is -0.598. The zero-order valence-corrected chi connectivity index (χ0v) is 20.9. The number of carbonyl (C=O) groups is 1. The molecule has 1 aliphatic rings. The van der Waals surface area contributed by atoms with Crippen molar-refractivity contribution in [3.8, 4) is 0 Å². The van der Waals surface area contributed by atoms with Gasteiger partial charge >= 0.3 is 7.80 Å². The molecule has 1 unspecified atom stereocenters. The van der Waals surface area contributed by atoms with Crippen LogP contribution in [-0.2, 0) is 4.57 Å². The molecule has 0 radical (unpaired) electrons. The fourth-order valence-corrected chi connectivity index (χ4v) is 7.37. The molecule has 0 aromatic heterocycles. The largest absolute Gasteiger partial charge is 0.353 e. The number of unbranched alkanes of at least 4 members (excludes halogenated alkanes) is 9. The average Bonchev–Trinajstić information content (AvgIpc) is 3.19. The van der Waals surface area contributed by atoms with Crippen molar-refractivity contribution in [3.05, 3.63) is 34.4 Å². The van der Waals surface area contributed by atoms with Crippen LogP contribution in [0.25, 0.3) is 0 Å². The van der Waals surface area contributed by atoms with E-state index < -0.39 is 13.0 Å². The lowest BCUT2D eigenvalue weighted by Crippen LogP contribution is -2.33. The molecule has 1 atom stereocenters. The van der Waals surface area contributed by atoms with Crippen molar-refractivity contribution < 1.29 is 9.36 Å². The van der Waals surface area contributed by atoms with E-state index in [0.29, 0.717) is 0 Å². The van der Waals surface area contributed by atoms with Crippen molar-refractivity contribution in [1.82, 2.24) is 0 Å². The molecule has 2 rings (SSSR count). The molecule has 0 saturated heterocycles. The van der Waals surface area contributed by atoms with Crippen LogP contribution in [0.2, 0.25) is 0 Å². The predicted molar refractivity (Wildman–Crippen MR) is 131 cm³/mol. The Morgan fingerprint density at radius 2 is 1.30 bits per heavy atom. The number of hydrogen-bond donors (Lipinski definition) is 0. The SMILES string of the molecule is CCCCCCCCCCCC[P+](=O)C1(C(=O)c2c(C)cc(C)cc2C)CCCC1. The Bertz CT molecular complexity index is 678. The quantitative estimate of drug-likeness (QED) is 0.167. The van der Waals surface area contributed by atoms with Crippen LogP contribution in [0, 0.1) is 20.8 Å². The maximum absolute atomic E-state index is 13.7. The summed E-state index contributed by atoms with van der Waals surface area (Å²) < 4.78 is 13.4. The molecule has 1 aromatic rings. The number of hydrogen-bond acceptors (Lipinski definition) is 2. The van der Waals surface area contributed by atoms with Gasteiger partial charge in [0.05, 0.1) is 0 Å². The third-order valence-corrected chi connectivity index (χ3v) is 9.28. The molecule has 0 amide bonds. The number of ketones is 1. The van der Waals surface area contributed by atoms with E-state index in [1.54, 1.807) is 0 Å². The van der Waals surface area contributed by atoms with Gasteiger partial charge in [-0.25, -0.2) is 0 Å². The van der Waals surface area contributed by atoms with Gasteiger partial charge in [0.2, 0.25) is 10.9 Å². The maximum Gasteiger partial charge on any atom is 0.353 e. The van der Waals surface area contributed by atoms with Crippen LogP contribution in [-0.4, -0.2) is 17.1 Å². The van der Waals surface area contributed by atoms with Gasteiger partial charge in [-0.3, -0.25) is 4.79 Å². The van der Waals surface area contributed by atoms with Crippen molar-refractivity contribution in [2.45, 2.75) is 123 Å². The molecule has 0 heterocycles. The van der Waals surface area contributed by atoms with E-state index in [2.05, 4.69) is 26.0 Å². The molecule has 3 heteroatoms. The van der Waals surface area contributed by atoms with Gasteiger partial charge in [-0.15, -0.1) is 0 Å². The summed E-state index contributed by atoms with van der Waals surface area (Å²) in [7, 11) is -1.50. The molecule has 0 N–H and O–H groups in total. The first-order chi connectivity index (χ1) is 14.4. The fraction of sp³-hybridized carbons (Fsp3) is 0.741. The summed E-state index contributed by atoms with van der Waals surface area (Å²) >= 11 is 0. The van der Waals surface area contributed by atoms with E-state index >= 15 is 0 Å². The van der Waals surface area contributed by atoms with E-state index in [0.717, 1.165) is 61.4 Å². The molecule has 1 saturated carbocycles. The summed E-state index contributed by atoms with van der Waals surface area (Å²) in [6, 6.07) is 4.19. The monoisotopic (exact) mass is 431 g/mol. The second-order valence-electron chi connectivity index (χ2n) is 9.63. The summed E-state index contributed by atoms with van der Waals surface area (Å²) in [6.45, 7) is 8.40. The molecule has 1 aliphatic carbocycles. The highest BCUT2D eigenvalue weighted by molar-refractivity contribution is 7.48. The summed E-state index contributed by atoms with van der Waals surface area (Å²) in [4.78, 5) is 13.7. The van der Waals surface area contributed by atoms with Crippen molar-refractivity contribution in [1.29, 1.82) is 0 Å². The zero-order chi connectivity index (χ0) is 22.0. The van der Waals surface area contributed by atoms with Gasteiger partial charge in [0.1, 0.15) is 6.16 Å². The second-order valence-corrected chi connectivity index (χ2v) is 11.7. The van der Waals surface area contributed by atoms with Gasteiger partial charge in [0.15, 0.2) is 0 Å². The number of Topliss-reactive ketones (excluding diaryl/α,β-unsaturated/α-hetero) is 1. The highest BCUT2D eigenvalue weighted by atomic mass is 31.1. The Balaban J connectivity index is 1.86. The van der Waals surface area contributed by atoms with Gasteiger partial charge in [-0.2, -0.15) is 0 Å². The van der Waals surface area contributed by atoms with Crippen LogP contribution < -0.4 is 0 Å². The van der Waals surface area contributed by atoms with Crippen LogP contribution in [0.3, 0.4) is 0 Å². The van der Waals surface area contributed by atoms with Crippen LogP contribution in [0.4, 0.5) is 0 Å². The van der Waals surface area contributed by atoms with Gasteiger partial charge in [0, 0.05) is 18.4 Å². The average molecular weight is 432 g/mol. The molecule has 2 nitrogen and oxygen atoms in total. The van der Waals surface area contributed by atoms with Gasteiger partial charge in [0.25, 0.3) is 0 Å². The first-order valence-electron chi connectivity index (χ1n) is 12.5. The molecular weight excluding hydrogens is 387 g/mol. The topological polar surface area (TPSA) is 34.1 Å². The van der Waals surface area contributed by atoms with Gasteiger partial charge in [-0.1, -0.05) is 80.6 Å². The number of carbonyl (C=O) groups excluding carboxylic acids is 1. The first kappa shape index (κ1) is 25.3. The Morgan fingerprint density at radius 1 is 0.833 bits per heavy atom. The second kappa shape index (κ2) is 12.7. The van der Waals surface area contributed by atoms with Crippen molar-refractivity contribution in [2.24, 2.45) is 0 Å². The van der Waals surface area contributed by atoms with Crippen molar-refractivity contribution in [2.75, 3.05) is 6.16 Å². The highest BCUT2D eigenvalue weighted by Gasteiger charge is 2.56. The Morgan fingerprint density at radius 3 is 1.80 bits per heavy atom. The summed E-state index contributed by atoms with van der Waals surface area (Å²) in [6.07, 6.45) is 17.3. The lowest BCUT2D eigenvalue weighted by molar-refractivity contribution is 0.0939. The molecule has 0 aliphatic heterocycles. The molecule has 0 bridgehead atoms. The number of aryl methyl sites for hydroxylation is 3. The van der Waals surface area contributed by atoms with E-state index in [-0.39, 0.29) is 5.78 Å². The van der Waals surface area contributed by atoms with E-state index in [1.165, 1.54) is 56.9 Å². The minimum atomic E-state index is -1.50. The Kier molecular flexibility index (Phi) is 10.7. The van der Waals surface area contributed by atoms with Gasteiger partial charge < -0.3 is 0 Å². The maximum atomic E-state index is 13.7. The lowest BCUT2D eigenvalue weighted by atomic mass is 9.88. The van der Waals surface area contributed by atoms with Crippen LogP contribution in [0.5, 0.6) is 0 Å². The Labute approximate surface area is 186 Å². The third kappa shape index (κ3) is 6.74. The summed E-state index contributed by atoms with van der Waals surface area (Å²) in [5.74, 6) is 0.170. The fourth-order valence-electron chi connectivity index (χ4n) is 5.28. The van der Waals surface area contributed by atoms with Gasteiger partial charge in [-0.05, 0) is 57.6 Å². The smallest absolute Gasteiger partial charge is 0.289 e. The minimum Gasteiger partial charge on any atom is -0.289 e. The zero-order valence-electron chi connectivity index (χ0n) is 20.0. The first-order valence-corrected chi connectivity index (χ1v) is 13.9. The lowest BCUT2D eigenvalue weighted by Gasteiger charge is -2.20. The van der Waals surface area contributed by atoms with E-state index in [9.17, 15) is 9.36 Å². The van der Waals surface area contributed by atoms with E-state index in [4.69, 9.17) is 0 Å². The molecule has 1 aromatic carbocycles. The normalized spacial score (nSPS) is 16.1.